The Morgan fingerprint density at radius 2 is 1.90 bits per heavy atom. The standard InChI is InChI=1S/C26H32N10.C2H6.H2S/c1-3-4-18-5-7-20(8-6-18)22(29)16-35(30)24-15-31-25(10-23(24)34-17(2)11-27)36-26-21(14-33-36)9-19(12-28)13-32-26;1-2;/h9-10,13-18,20H,3-8,29-30H2,1-2H3,(H,31,34);1-2H3;1H2/b22-16-;;/t17-,18?,20?;;/m1../s1. The molecule has 11 heteroatoms. The van der Waals surface area contributed by atoms with Crippen LogP contribution in [0.15, 0.2) is 42.6 Å². The number of nitrogens with two attached hydrogens (primary N) is 2. The highest BCUT2D eigenvalue weighted by atomic mass is 32.1. The Morgan fingerprint density at radius 1 is 1.18 bits per heavy atom. The number of hydrazine groups is 1. The first-order valence-electron chi connectivity index (χ1n) is 13.3. The Morgan fingerprint density at radius 3 is 2.54 bits per heavy atom. The van der Waals surface area contributed by atoms with E-state index in [4.69, 9.17) is 16.8 Å². The fraction of sp³-hybridized carbons (Fsp3) is 0.464. The molecule has 0 saturated heterocycles. The zero-order valence-corrected chi connectivity index (χ0v) is 24.2. The maximum absolute atomic E-state index is 9.39. The summed E-state index contributed by atoms with van der Waals surface area (Å²) in [5, 5.41) is 28.3. The molecule has 0 spiro atoms. The summed E-state index contributed by atoms with van der Waals surface area (Å²) in [6.45, 7) is 8.00. The zero-order chi connectivity index (χ0) is 27.7. The van der Waals surface area contributed by atoms with Gasteiger partial charge in [0.25, 0.3) is 0 Å². The minimum absolute atomic E-state index is 0. The Balaban J connectivity index is 0.00000174. The average molecular weight is 549 g/mol. The van der Waals surface area contributed by atoms with Crippen LogP contribution in [0.25, 0.3) is 16.9 Å². The molecule has 1 aliphatic rings. The summed E-state index contributed by atoms with van der Waals surface area (Å²) < 4.78 is 1.59. The molecule has 1 aliphatic carbocycles. The third-order valence-corrected chi connectivity index (χ3v) is 6.77. The molecule has 0 unspecified atom stereocenters. The molecular weight excluding hydrogens is 508 g/mol. The van der Waals surface area contributed by atoms with Crippen LogP contribution in [-0.4, -0.2) is 25.8 Å². The first-order chi connectivity index (χ1) is 18.4. The SMILES string of the molecule is CC.CCCC1CCC(/C(N)=C/N(N)c2cnc(-n3ncc4cc(C#N)cnc43)cc2N[C@H](C)C#N)CC1.S. The Hall–Kier alpha value is -3.80. The first kappa shape index (κ1) is 31.4. The lowest BCUT2D eigenvalue weighted by Gasteiger charge is -2.29. The van der Waals surface area contributed by atoms with Gasteiger partial charge in [0.1, 0.15) is 12.1 Å². The third-order valence-electron chi connectivity index (χ3n) is 6.77. The van der Waals surface area contributed by atoms with Crippen LogP contribution in [0.3, 0.4) is 0 Å². The molecule has 0 amide bonds. The van der Waals surface area contributed by atoms with Crippen LogP contribution < -0.4 is 21.9 Å². The van der Waals surface area contributed by atoms with Gasteiger partial charge >= 0.3 is 0 Å². The van der Waals surface area contributed by atoms with Crippen molar-refractivity contribution in [1.29, 1.82) is 10.5 Å². The van der Waals surface area contributed by atoms with Gasteiger partial charge in [0.15, 0.2) is 11.5 Å². The van der Waals surface area contributed by atoms with Crippen LogP contribution in [-0.2, 0) is 0 Å². The van der Waals surface area contributed by atoms with E-state index in [0.29, 0.717) is 34.3 Å². The van der Waals surface area contributed by atoms with Gasteiger partial charge in [-0.25, -0.2) is 15.8 Å². The van der Waals surface area contributed by atoms with E-state index in [1.165, 1.54) is 36.9 Å². The highest BCUT2D eigenvalue weighted by molar-refractivity contribution is 7.59. The molecule has 1 saturated carbocycles. The number of nitrogens with one attached hydrogen (secondary N) is 1. The van der Waals surface area contributed by atoms with Crippen molar-refractivity contribution in [3.05, 3.63) is 48.2 Å². The van der Waals surface area contributed by atoms with Gasteiger partial charge in [-0.3, -0.25) is 5.01 Å². The van der Waals surface area contributed by atoms with Crippen LogP contribution in [0.5, 0.6) is 0 Å². The van der Waals surface area contributed by atoms with Crippen molar-refractivity contribution in [1.82, 2.24) is 19.7 Å². The predicted molar refractivity (Wildman–Crippen MR) is 161 cm³/mol. The third kappa shape index (κ3) is 7.62. The first-order valence-corrected chi connectivity index (χ1v) is 13.3. The van der Waals surface area contributed by atoms with E-state index < -0.39 is 6.04 Å². The molecule has 0 radical (unpaired) electrons. The average Bonchev–Trinajstić information content (AvgIpc) is 3.37. The van der Waals surface area contributed by atoms with Gasteiger partial charge in [-0.05, 0) is 50.5 Å². The highest BCUT2D eigenvalue weighted by Gasteiger charge is 2.23. The van der Waals surface area contributed by atoms with Gasteiger partial charge in [-0.2, -0.15) is 33.8 Å². The summed E-state index contributed by atoms with van der Waals surface area (Å²) in [4.78, 5) is 8.92. The zero-order valence-electron chi connectivity index (χ0n) is 23.2. The smallest absolute Gasteiger partial charge is 0.164 e. The van der Waals surface area contributed by atoms with Crippen LogP contribution in [0, 0.1) is 34.5 Å². The van der Waals surface area contributed by atoms with Crippen LogP contribution in [0.2, 0.25) is 0 Å². The fourth-order valence-electron chi connectivity index (χ4n) is 4.82. The molecule has 3 aromatic heterocycles. The maximum Gasteiger partial charge on any atom is 0.164 e. The molecule has 5 N–H and O–H groups in total. The van der Waals surface area contributed by atoms with Crippen LogP contribution in [0.1, 0.15) is 71.8 Å². The maximum atomic E-state index is 9.39. The summed E-state index contributed by atoms with van der Waals surface area (Å²) in [5.41, 5.74) is 9.46. The number of allylic oxidation sites excluding steroid dienone is 1. The molecule has 4 rings (SSSR count). The topological polar surface area (TPSA) is 158 Å². The van der Waals surface area contributed by atoms with Crippen molar-refractivity contribution in [2.45, 2.75) is 72.3 Å². The molecule has 1 fully saturated rings. The lowest BCUT2D eigenvalue weighted by Crippen LogP contribution is -2.30. The van der Waals surface area contributed by atoms with E-state index in [0.717, 1.165) is 29.8 Å². The van der Waals surface area contributed by atoms with E-state index in [1.54, 1.807) is 42.3 Å². The molecule has 3 heterocycles. The Bertz CT molecular complexity index is 1330. The second-order valence-corrected chi connectivity index (χ2v) is 9.40. The summed E-state index contributed by atoms with van der Waals surface area (Å²) in [6.07, 6.45) is 13.6. The van der Waals surface area contributed by atoms with Gasteiger partial charge in [0, 0.05) is 29.5 Å². The van der Waals surface area contributed by atoms with Gasteiger partial charge < -0.3 is 11.1 Å². The molecule has 0 aromatic carbocycles. The lowest BCUT2D eigenvalue weighted by molar-refractivity contribution is 0.284. The minimum atomic E-state index is -0.465. The number of anilines is 2. The van der Waals surface area contributed by atoms with Gasteiger partial charge in [0.2, 0.25) is 0 Å². The highest BCUT2D eigenvalue weighted by Crippen LogP contribution is 2.34. The normalized spacial score (nSPS) is 17.6. The van der Waals surface area contributed by atoms with Crippen molar-refractivity contribution in [2.75, 3.05) is 10.3 Å². The van der Waals surface area contributed by atoms with E-state index in [9.17, 15) is 5.26 Å². The molecule has 10 nitrogen and oxygen atoms in total. The number of hydrogen-bond acceptors (Lipinski definition) is 9. The van der Waals surface area contributed by atoms with E-state index in [-0.39, 0.29) is 13.5 Å². The minimum Gasteiger partial charge on any atom is -0.401 e. The van der Waals surface area contributed by atoms with Crippen molar-refractivity contribution in [3.63, 3.8) is 0 Å². The number of nitrogens with zero attached hydrogens (tertiary/aromatic N) is 7. The predicted octanol–water partition coefficient (Wildman–Crippen LogP) is 5.24. The number of aromatic nitrogens is 4. The number of hydrogen-bond donors (Lipinski definition) is 3. The van der Waals surface area contributed by atoms with Crippen molar-refractivity contribution < 1.29 is 0 Å². The van der Waals surface area contributed by atoms with Crippen molar-refractivity contribution in [3.8, 4) is 18.0 Å². The second kappa shape index (κ2) is 15.0. The largest absolute Gasteiger partial charge is 0.401 e. The van der Waals surface area contributed by atoms with E-state index in [1.807, 2.05) is 13.8 Å². The summed E-state index contributed by atoms with van der Waals surface area (Å²) in [5.74, 6) is 8.04. The Labute approximate surface area is 238 Å². The Kier molecular flexibility index (Phi) is 12.1. The number of pyridine rings is 2. The number of rotatable bonds is 8. The molecule has 0 bridgehead atoms. The lowest BCUT2D eigenvalue weighted by atomic mass is 9.79. The number of nitriles is 2. The van der Waals surface area contributed by atoms with Crippen molar-refractivity contribution >= 4 is 35.9 Å². The molecule has 3 aromatic rings. The van der Waals surface area contributed by atoms with Crippen molar-refractivity contribution in [2.24, 2.45) is 23.4 Å². The van der Waals surface area contributed by atoms with Gasteiger partial charge in [-0.15, -0.1) is 0 Å². The monoisotopic (exact) mass is 548 g/mol. The van der Waals surface area contributed by atoms with Gasteiger partial charge in [-0.1, -0.05) is 33.6 Å². The van der Waals surface area contributed by atoms with Crippen LogP contribution >= 0.6 is 13.5 Å². The molecule has 39 heavy (non-hydrogen) atoms. The van der Waals surface area contributed by atoms with Gasteiger partial charge in [0.05, 0.1) is 35.4 Å². The second-order valence-electron chi connectivity index (χ2n) is 9.40. The van der Waals surface area contributed by atoms with E-state index >= 15 is 0 Å². The molecule has 0 aliphatic heterocycles. The molecule has 208 valence electrons. The summed E-state index contributed by atoms with van der Waals surface area (Å²) >= 11 is 0. The van der Waals surface area contributed by atoms with E-state index in [2.05, 4.69) is 39.4 Å². The summed E-state index contributed by atoms with van der Waals surface area (Å²) in [7, 11) is 0. The molecular formula is C28H40N10S. The number of fused-ring (bicyclic) bond motifs is 1. The van der Waals surface area contributed by atoms with Crippen LogP contribution in [0.4, 0.5) is 11.4 Å². The quantitative estimate of drug-likeness (QED) is 0.253. The summed E-state index contributed by atoms with van der Waals surface area (Å²) in [6, 6.07) is 7.30. The molecule has 1 atom stereocenters. The fourth-order valence-corrected chi connectivity index (χ4v) is 4.82.